The number of halogens is 1. The van der Waals surface area contributed by atoms with Crippen LogP contribution in [-0.2, 0) is 0 Å². The van der Waals surface area contributed by atoms with Crippen molar-refractivity contribution in [1.29, 1.82) is 0 Å². The normalized spacial score (nSPS) is 10.8. The zero-order valence-electron chi connectivity index (χ0n) is 9.67. The molecular weight excluding hydrogens is 294 g/mol. The number of benzene rings is 1. The maximum Gasteiger partial charge on any atom is 0.119 e. The third-order valence-electron chi connectivity index (χ3n) is 2.77. The third-order valence-corrected chi connectivity index (χ3v) is 3.40. The number of fused-ring (bicyclic) bond motifs is 1. The molecule has 1 aromatic carbocycles. The summed E-state index contributed by atoms with van der Waals surface area (Å²) in [7, 11) is 1.65. The Hall–Kier alpha value is -1.88. The minimum atomic E-state index is 0.828. The Morgan fingerprint density at radius 2 is 1.89 bits per heavy atom. The fourth-order valence-corrected chi connectivity index (χ4v) is 2.26. The molecule has 0 spiro atoms. The van der Waals surface area contributed by atoms with Crippen molar-refractivity contribution in [1.82, 2.24) is 14.8 Å². The summed E-state index contributed by atoms with van der Waals surface area (Å²) in [6.45, 7) is 0. The van der Waals surface area contributed by atoms with Crippen LogP contribution in [0.15, 0.2) is 47.3 Å². The summed E-state index contributed by atoms with van der Waals surface area (Å²) < 4.78 is 7.94. The van der Waals surface area contributed by atoms with E-state index in [0.717, 1.165) is 26.8 Å². The minimum absolute atomic E-state index is 0.828. The van der Waals surface area contributed by atoms with Crippen LogP contribution in [0.25, 0.3) is 16.6 Å². The van der Waals surface area contributed by atoms with Crippen LogP contribution in [0.1, 0.15) is 0 Å². The summed E-state index contributed by atoms with van der Waals surface area (Å²) in [5.74, 6) is 0.828. The Labute approximate surface area is 112 Å². The zero-order valence-corrected chi connectivity index (χ0v) is 11.3. The molecule has 3 rings (SSSR count). The lowest BCUT2D eigenvalue weighted by Gasteiger charge is -2.05. The summed E-state index contributed by atoms with van der Waals surface area (Å²) in [5, 5.41) is 5.43. The van der Waals surface area contributed by atoms with Crippen LogP contribution in [0.3, 0.4) is 0 Å². The van der Waals surface area contributed by atoms with Gasteiger partial charge in [0.2, 0.25) is 0 Å². The molecule has 5 heteroatoms. The Kier molecular flexibility index (Phi) is 2.76. The lowest BCUT2D eigenvalue weighted by atomic mass is 10.3. The molecule has 18 heavy (non-hydrogen) atoms. The lowest BCUT2D eigenvalue weighted by Crippen LogP contribution is -1.96. The molecular formula is C13H10BrN3O. The molecule has 0 saturated carbocycles. The molecule has 90 valence electrons. The minimum Gasteiger partial charge on any atom is -0.497 e. The topological polar surface area (TPSA) is 39.9 Å². The number of ether oxygens (including phenoxy) is 1. The monoisotopic (exact) mass is 303 g/mol. The van der Waals surface area contributed by atoms with E-state index in [-0.39, 0.29) is 0 Å². The molecule has 0 aliphatic carbocycles. The van der Waals surface area contributed by atoms with Gasteiger partial charge in [-0.1, -0.05) is 0 Å². The predicted molar refractivity (Wildman–Crippen MR) is 73.1 cm³/mol. The second kappa shape index (κ2) is 4.42. The van der Waals surface area contributed by atoms with Gasteiger partial charge in [-0.25, -0.2) is 4.68 Å². The van der Waals surface area contributed by atoms with Gasteiger partial charge in [-0.15, -0.1) is 0 Å². The molecule has 0 radical (unpaired) electrons. The molecule has 0 saturated heterocycles. The van der Waals surface area contributed by atoms with E-state index >= 15 is 0 Å². The standard InChI is InChI=1S/C13H10BrN3O/c1-18-10-4-2-9(3-5-10)17-13-8-15-7-12(14)11(13)6-16-17/h2-8H,1H3. The third kappa shape index (κ3) is 1.76. The lowest BCUT2D eigenvalue weighted by molar-refractivity contribution is 0.414. The van der Waals surface area contributed by atoms with Crippen LogP contribution in [0, 0.1) is 0 Å². The van der Waals surface area contributed by atoms with Crippen molar-refractivity contribution in [2.24, 2.45) is 0 Å². The second-order valence-electron chi connectivity index (χ2n) is 3.81. The molecule has 0 fully saturated rings. The maximum atomic E-state index is 5.14. The van der Waals surface area contributed by atoms with Gasteiger partial charge in [0, 0.05) is 16.1 Å². The molecule has 0 unspecified atom stereocenters. The SMILES string of the molecule is COc1ccc(-n2ncc3c(Br)cncc32)cc1. The van der Waals surface area contributed by atoms with E-state index in [2.05, 4.69) is 26.0 Å². The van der Waals surface area contributed by atoms with Gasteiger partial charge in [0.25, 0.3) is 0 Å². The molecule has 0 aliphatic heterocycles. The molecule has 4 nitrogen and oxygen atoms in total. The van der Waals surface area contributed by atoms with Gasteiger partial charge in [-0.2, -0.15) is 5.10 Å². The number of rotatable bonds is 2. The molecule has 0 amide bonds. The highest BCUT2D eigenvalue weighted by Gasteiger charge is 2.07. The number of methoxy groups -OCH3 is 1. The molecule has 0 bridgehead atoms. The number of pyridine rings is 1. The predicted octanol–water partition coefficient (Wildman–Crippen LogP) is 3.19. The maximum absolute atomic E-state index is 5.14. The van der Waals surface area contributed by atoms with Crippen molar-refractivity contribution in [3.05, 3.63) is 47.3 Å². The summed E-state index contributed by atoms with van der Waals surface area (Å²) in [6.07, 6.45) is 5.39. The first-order chi connectivity index (χ1) is 8.79. The first-order valence-corrected chi connectivity index (χ1v) is 6.20. The zero-order chi connectivity index (χ0) is 12.5. The van der Waals surface area contributed by atoms with Crippen LogP contribution in [0.2, 0.25) is 0 Å². The van der Waals surface area contributed by atoms with E-state index in [4.69, 9.17) is 4.74 Å². The smallest absolute Gasteiger partial charge is 0.119 e. The largest absolute Gasteiger partial charge is 0.497 e. The highest BCUT2D eigenvalue weighted by molar-refractivity contribution is 9.10. The van der Waals surface area contributed by atoms with Gasteiger partial charge in [0.1, 0.15) is 5.75 Å². The van der Waals surface area contributed by atoms with Crippen LogP contribution in [-0.4, -0.2) is 21.9 Å². The van der Waals surface area contributed by atoms with Gasteiger partial charge in [-0.05, 0) is 40.2 Å². The van der Waals surface area contributed by atoms with Crippen molar-refractivity contribution < 1.29 is 4.74 Å². The number of aromatic nitrogens is 3. The highest BCUT2D eigenvalue weighted by atomic mass is 79.9. The second-order valence-corrected chi connectivity index (χ2v) is 4.66. The molecule has 0 aliphatic rings. The van der Waals surface area contributed by atoms with E-state index in [0.29, 0.717) is 0 Å². The summed E-state index contributed by atoms with van der Waals surface area (Å²) in [4.78, 5) is 4.17. The Morgan fingerprint density at radius 3 is 2.61 bits per heavy atom. The Bertz CT molecular complexity index is 691. The van der Waals surface area contributed by atoms with E-state index in [1.54, 1.807) is 19.5 Å². The van der Waals surface area contributed by atoms with Gasteiger partial charge in [0.05, 0.1) is 30.7 Å². The molecule has 0 N–H and O–H groups in total. The summed E-state index contributed by atoms with van der Waals surface area (Å²) in [5.41, 5.74) is 1.94. The average molecular weight is 304 g/mol. The highest BCUT2D eigenvalue weighted by Crippen LogP contribution is 2.24. The number of hydrogen-bond acceptors (Lipinski definition) is 3. The van der Waals surface area contributed by atoms with E-state index < -0.39 is 0 Å². The fourth-order valence-electron chi connectivity index (χ4n) is 1.84. The average Bonchev–Trinajstić information content (AvgIpc) is 2.84. The van der Waals surface area contributed by atoms with Gasteiger partial charge in [-0.3, -0.25) is 4.98 Å². The van der Waals surface area contributed by atoms with Crippen molar-refractivity contribution in [2.45, 2.75) is 0 Å². The van der Waals surface area contributed by atoms with E-state index in [9.17, 15) is 0 Å². The number of nitrogens with zero attached hydrogens (tertiary/aromatic N) is 3. The van der Waals surface area contributed by atoms with Crippen molar-refractivity contribution >= 4 is 26.8 Å². The fraction of sp³-hybridized carbons (Fsp3) is 0.0769. The first kappa shape index (κ1) is 11.2. The molecule has 0 atom stereocenters. The van der Waals surface area contributed by atoms with Gasteiger partial charge in [0.15, 0.2) is 0 Å². The molecule has 2 heterocycles. The van der Waals surface area contributed by atoms with Crippen molar-refractivity contribution in [3.8, 4) is 11.4 Å². The number of hydrogen-bond donors (Lipinski definition) is 0. The Balaban J connectivity index is 2.16. The molecule has 3 aromatic rings. The quantitative estimate of drug-likeness (QED) is 0.730. The van der Waals surface area contributed by atoms with Gasteiger partial charge < -0.3 is 4.74 Å². The van der Waals surface area contributed by atoms with Crippen LogP contribution < -0.4 is 4.74 Å². The van der Waals surface area contributed by atoms with Crippen molar-refractivity contribution in [3.63, 3.8) is 0 Å². The first-order valence-electron chi connectivity index (χ1n) is 5.41. The van der Waals surface area contributed by atoms with Crippen LogP contribution >= 0.6 is 15.9 Å². The Morgan fingerprint density at radius 1 is 1.11 bits per heavy atom. The molecule has 2 aromatic heterocycles. The summed E-state index contributed by atoms with van der Waals surface area (Å²) in [6, 6.07) is 7.75. The van der Waals surface area contributed by atoms with Crippen LogP contribution in [0.4, 0.5) is 0 Å². The van der Waals surface area contributed by atoms with Crippen molar-refractivity contribution in [2.75, 3.05) is 7.11 Å². The summed E-state index contributed by atoms with van der Waals surface area (Å²) >= 11 is 3.47. The van der Waals surface area contributed by atoms with E-state index in [1.807, 2.05) is 35.1 Å². The van der Waals surface area contributed by atoms with Gasteiger partial charge >= 0.3 is 0 Å². The van der Waals surface area contributed by atoms with Crippen LogP contribution in [0.5, 0.6) is 5.75 Å². The van der Waals surface area contributed by atoms with E-state index in [1.165, 1.54) is 0 Å².